The first-order valence-electron chi connectivity index (χ1n) is 14.2. The maximum atomic E-state index is 15.0. The average molecular weight is 641 g/mol. The van der Waals surface area contributed by atoms with Crippen LogP contribution in [0.3, 0.4) is 0 Å². The predicted octanol–water partition coefficient (Wildman–Crippen LogP) is 7.89. The van der Waals surface area contributed by atoms with Crippen molar-refractivity contribution >= 4 is 52.0 Å². The molecule has 0 atom stereocenters. The highest BCUT2D eigenvalue weighted by Gasteiger charge is 2.15. The number of hydrogen-bond acceptors (Lipinski definition) is 7. The van der Waals surface area contributed by atoms with Crippen molar-refractivity contribution in [1.82, 2.24) is 15.3 Å². The van der Waals surface area contributed by atoms with Gasteiger partial charge in [0.2, 0.25) is 0 Å². The van der Waals surface area contributed by atoms with Crippen molar-refractivity contribution in [2.45, 2.75) is 25.7 Å². The summed E-state index contributed by atoms with van der Waals surface area (Å²) in [6.07, 6.45) is 7.70. The van der Waals surface area contributed by atoms with Crippen LogP contribution in [0.2, 0.25) is 10.0 Å². The van der Waals surface area contributed by atoms with Crippen LogP contribution >= 0.6 is 23.2 Å². The van der Waals surface area contributed by atoms with E-state index in [-0.39, 0.29) is 11.4 Å². The minimum absolute atomic E-state index is 0.0316. The molecule has 2 N–H and O–H groups in total. The molecule has 2 heterocycles. The molecule has 230 valence electrons. The number of halogens is 3. The number of hydrogen-bond donors (Lipinski definition) is 2. The Hall–Kier alpha value is -4.12. The fraction of sp³-hybridized carbons (Fsp3) is 0.281. The highest BCUT2D eigenvalue weighted by atomic mass is 35.5. The van der Waals surface area contributed by atoms with Crippen molar-refractivity contribution in [3.05, 3.63) is 82.2 Å². The number of piperidine rings is 1. The third-order valence-electron chi connectivity index (χ3n) is 7.05. The molecule has 5 rings (SSSR count). The second-order valence-electron chi connectivity index (χ2n) is 10.2. The van der Waals surface area contributed by atoms with Crippen molar-refractivity contribution < 1.29 is 23.4 Å². The van der Waals surface area contributed by atoms with Gasteiger partial charge in [-0.3, -0.25) is 4.98 Å². The number of hydrazone groups is 1. The molecule has 0 bridgehead atoms. The summed E-state index contributed by atoms with van der Waals surface area (Å²) in [4.78, 5) is 19.2. The van der Waals surface area contributed by atoms with Crippen molar-refractivity contribution in [2.24, 2.45) is 5.10 Å². The van der Waals surface area contributed by atoms with Gasteiger partial charge in [0.1, 0.15) is 5.75 Å². The van der Waals surface area contributed by atoms with E-state index in [0.717, 1.165) is 32.1 Å². The summed E-state index contributed by atoms with van der Waals surface area (Å²) >= 11 is 12.0. The van der Waals surface area contributed by atoms with E-state index >= 15 is 4.39 Å². The Labute approximate surface area is 264 Å². The van der Waals surface area contributed by atoms with Gasteiger partial charge >= 0.3 is 6.03 Å². The monoisotopic (exact) mass is 639 g/mol. The number of carbonyl (C=O) groups excluding carboxylic acids is 1. The number of rotatable bonds is 11. The maximum absolute atomic E-state index is 15.0. The molecule has 1 aliphatic rings. The highest BCUT2D eigenvalue weighted by Crippen LogP contribution is 2.38. The standard InChI is InChI=1S/C32H32Cl2FN5O4/c1-42-30-18-24-27(19-31(30)43-15-5-14-40-12-3-2-4-13-40)36-11-10-28(24)44-29-9-8-23(17-26(29)35)38-32(41)39-37-20-21-6-7-22(33)16-25(21)34/h6-11,16-20H,2-5,12-15H2,1H3,(H2,38,39,41)/b37-20+. The molecule has 12 heteroatoms. The molecule has 4 aromatic rings. The van der Waals surface area contributed by atoms with E-state index in [1.165, 1.54) is 37.6 Å². The van der Waals surface area contributed by atoms with Crippen molar-refractivity contribution in [1.29, 1.82) is 0 Å². The lowest BCUT2D eigenvalue weighted by atomic mass is 10.1. The van der Waals surface area contributed by atoms with Crippen molar-refractivity contribution in [3.8, 4) is 23.0 Å². The van der Waals surface area contributed by atoms with Crippen LogP contribution in [0.4, 0.5) is 14.9 Å². The molecule has 1 aromatic heterocycles. The number of aromatic nitrogens is 1. The van der Waals surface area contributed by atoms with E-state index in [0.29, 0.717) is 50.4 Å². The first kappa shape index (κ1) is 31.3. The summed E-state index contributed by atoms with van der Waals surface area (Å²) in [5.41, 5.74) is 3.69. The third-order valence-corrected chi connectivity index (χ3v) is 7.62. The van der Waals surface area contributed by atoms with Crippen LogP contribution in [-0.4, -0.2) is 55.5 Å². The van der Waals surface area contributed by atoms with Gasteiger partial charge in [0, 0.05) is 46.5 Å². The fourth-order valence-electron chi connectivity index (χ4n) is 4.85. The number of pyridine rings is 1. The van der Waals surface area contributed by atoms with Gasteiger partial charge in [-0.2, -0.15) is 5.10 Å². The van der Waals surface area contributed by atoms with E-state index in [1.807, 2.05) is 0 Å². The number of ether oxygens (including phenoxy) is 3. The predicted molar refractivity (Wildman–Crippen MR) is 171 cm³/mol. The molecule has 1 saturated heterocycles. The van der Waals surface area contributed by atoms with Crippen LogP contribution in [0.1, 0.15) is 31.2 Å². The van der Waals surface area contributed by atoms with Crippen LogP contribution in [0.25, 0.3) is 10.9 Å². The molecule has 2 amide bonds. The summed E-state index contributed by atoms with van der Waals surface area (Å²) in [6.45, 7) is 3.86. The van der Waals surface area contributed by atoms with Crippen LogP contribution in [0.5, 0.6) is 23.0 Å². The number of urea groups is 1. The quantitative estimate of drug-likeness (QED) is 0.0984. The molecule has 1 aliphatic heterocycles. The van der Waals surface area contributed by atoms with E-state index in [9.17, 15) is 4.79 Å². The molecule has 0 unspecified atom stereocenters. The number of fused-ring (bicyclic) bond motifs is 1. The van der Waals surface area contributed by atoms with Crippen LogP contribution in [0.15, 0.2) is 65.9 Å². The minimum atomic E-state index is -0.676. The second-order valence-corrected chi connectivity index (χ2v) is 11.0. The zero-order chi connectivity index (χ0) is 30.9. The summed E-state index contributed by atoms with van der Waals surface area (Å²) in [6, 6.07) is 13.5. The smallest absolute Gasteiger partial charge is 0.339 e. The zero-order valence-electron chi connectivity index (χ0n) is 24.1. The van der Waals surface area contributed by atoms with Gasteiger partial charge in [0.15, 0.2) is 23.1 Å². The first-order valence-corrected chi connectivity index (χ1v) is 15.0. The fourth-order valence-corrected chi connectivity index (χ4v) is 5.31. The SMILES string of the molecule is COc1cc2c(Oc3ccc(NC(=O)N/N=C/c4ccc(Cl)cc4Cl)cc3F)ccnc2cc1OCCCN1CCCCC1. The van der Waals surface area contributed by atoms with Crippen LogP contribution < -0.4 is 25.0 Å². The molecular weight excluding hydrogens is 608 g/mol. The van der Waals surface area contributed by atoms with Gasteiger partial charge < -0.3 is 24.4 Å². The number of methoxy groups -OCH3 is 1. The van der Waals surface area contributed by atoms with Crippen LogP contribution in [-0.2, 0) is 0 Å². The molecule has 0 spiro atoms. The summed E-state index contributed by atoms with van der Waals surface area (Å²) in [5.74, 6) is 0.794. The Morgan fingerprint density at radius 1 is 1.02 bits per heavy atom. The normalized spacial score (nSPS) is 13.6. The Kier molecular flexibility index (Phi) is 10.7. The molecule has 1 fully saturated rings. The number of amides is 2. The first-order chi connectivity index (χ1) is 21.4. The number of nitrogens with zero attached hydrogens (tertiary/aromatic N) is 3. The van der Waals surface area contributed by atoms with Gasteiger partial charge in [-0.15, -0.1) is 0 Å². The lowest BCUT2D eigenvalue weighted by Crippen LogP contribution is -2.31. The van der Waals surface area contributed by atoms with Gasteiger partial charge in [0.05, 0.1) is 30.5 Å². The Morgan fingerprint density at radius 3 is 2.64 bits per heavy atom. The van der Waals surface area contributed by atoms with E-state index in [4.69, 9.17) is 37.4 Å². The van der Waals surface area contributed by atoms with Crippen molar-refractivity contribution in [2.75, 3.05) is 38.7 Å². The second kappa shape index (κ2) is 15.1. The van der Waals surface area contributed by atoms with Gasteiger partial charge in [-0.25, -0.2) is 14.6 Å². The molecule has 0 aliphatic carbocycles. The lowest BCUT2D eigenvalue weighted by molar-refractivity contribution is 0.203. The Morgan fingerprint density at radius 2 is 1.86 bits per heavy atom. The van der Waals surface area contributed by atoms with Gasteiger partial charge in [-0.05, 0) is 68.8 Å². The highest BCUT2D eigenvalue weighted by molar-refractivity contribution is 6.36. The summed E-state index contributed by atoms with van der Waals surface area (Å²) in [5, 5.41) is 7.87. The average Bonchev–Trinajstić information content (AvgIpc) is 3.02. The number of carbonyl (C=O) groups is 1. The van der Waals surface area contributed by atoms with Gasteiger partial charge in [-0.1, -0.05) is 35.7 Å². The largest absolute Gasteiger partial charge is 0.493 e. The molecule has 44 heavy (non-hydrogen) atoms. The molecule has 0 saturated carbocycles. The summed E-state index contributed by atoms with van der Waals surface area (Å²) < 4.78 is 32.6. The zero-order valence-corrected chi connectivity index (χ0v) is 25.6. The molecule has 9 nitrogen and oxygen atoms in total. The third kappa shape index (κ3) is 8.28. The Balaban J connectivity index is 1.21. The van der Waals surface area contributed by atoms with E-state index in [2.05, 4.69) is 25.7 Å². The molecular formula is C32H32Cl2FN5O4. The van der Waals surface area contributed by atoms with Crippen molar-refractivity contribution in [3.63, 3.8) is 0 Å². The summed E-state index contributed by atoms with van der Waals surface area (Å²) in [7, 11) is 1.57. The number of nitrogens with one attached hydrogen (secondary N) is 2. The molecule has 0 radical (unpaired) electrons. The number of benzene rings is 3. The van der Waals surface area contributed by atoms with E-state index in [1.54, 1.807) is 49.7 Å². The number of likely N-dealkylation sites (tertiary alicyclic amines) is 1. The maximum Gasteiger partial charge on any atom is 0.339 e. The van der Waals surface area contributed by atoms with Crippen LogP contribution in [0, 0.1) is 5.82 Å². The Bertz CT molecular complexity index is 1650. The molecule has 3 aromatic carbocycles. The number of anilines is 1. The lowest BCUT2D eigenvalue weighted by Gasteiger charge is -2.26. The topological polar surface area (TPSA) is 97.3 Å². The van der Waals surface area contributed by atoms with E-state index < -0.39 is 11.8 Å². The van der Waals surface area contributed by atoms with Gasteiger partial charge in [0.25, 0.3) is 0 Å². The minimum Gasteiger partial charge on any atom is -0.493 e.